The number of carbonyl (C=O) groups excluding carboxylic acids is 2. The molecule has 0 aliphatic heterocycles. The van der Waals surface area contributed by atoms with E-state index in [-0.39, 0.29) is 18.4 Å². The summed E-state index contributed by atoms with van der Waals surface area (Å²) in [6.45, 7) is 1.97. The Kier molecular flexibility index (Phi) is 7.25. The molecule has 0 saturated carbocycles. The smallest absolute Gasteiger partial charge is 0.246 e. The van der Waals surface area contributed by atoms with Gasteiger partial charge in [-0.3, -0.25) is 9.59 Å². The molecule has 0 saturated heterocycles. The van der Waals surface area contributed by atoms with Gasteiger partial charge in [0, 0.05) is 28.9 Å². The van der Waals surface area contributed by atoms with Crippen LogP contribution in [0.4, 0.5) is 5.69 Å². The number of para-hydroxylation sites is 1. The van der Waals surface area contributed by atoms with Gasteiger partial charge in [-0.25, -0.2) is 0 Å². The fourth-order valence-electron chi connectivity index (χ4n) is 2.36. The van der Waals surface area contributed by atoms with Crippen molar-refractivity contribution < 1.29 is 9.59 Å². The highest BCUT2D eigenvalue weighted by molar-refractivity contribution is 6.34. The largest absolute Gasteiger partial charge is 0.333 e. The van der Waals surface area contributed by atoms with Gasteiger partial charge in [0.1, 0.15) is 0 Å². The van der Waals surface area contributed by atoms with E-state index in [1.54, 1.807) is 31.3 Å². The summed E-state index contributed by atoms with van der Waals surface area (Å²) in [5.41, 5.74) is 2.45. The zero-order chi connectivity index (χ0) is 19.1. The minimum atomic E-state index is -0.306. The highest BCUT2D eigenvalue weighted by atomic mass is 35.5. The quantitative estimate of drug-likeness (QED) is 0.728. The molecule has 0 aliphatic carbocycles. The summed E-state index contributed by atoms with van der Waals surface area (Å²) in [4.78, 5) is 25.7. The van der Waals surface area contributed by atoms with Crippen molar-refractivity contribution in [2.24, 2.45) is 0 Å². The lowest BCUT2D eigenvalue weighted by atomic mass is 10.1. The standard InChI is InChI=1S/C20H20Cl2N2O2/c1-3-14-6-4-5-7-18(14)23-19(25)13-24(2)20(26)11-8-15-12-16(21)9-10-17(15)22/h4-12H,3,13H2,1-2H3,(H,23,25)/b11-8+. The predicted octanol–water partition coefficient (Wildman–Crippen LogP) is 4.67. The summed E-state index contributed by atoms with van der Waals surface area (Å²) >= 11 is 12.0. The van der Waals surface area contributed by atoms with Gasteiger partial charge in [0.15, 0.2) is 0 Å². The van der Waals surface area contributed by atoms with Crippen molar-refractivity contribution in [3.8, 4) is 0 Å². The van der Waals surface area contributed by atoms with Crippen LogP contribution in [0, 0.1) is 0 Å². The van der Waals surface area contributed by atoms with E-state index in [0.29, 0.717) is 15.6 Å². The lowest BCUT2D eigenvalue weighted by Gasteiger charge is -2.16. The van der Waals surface area contributed by atoms with E-state index in [1.807, 2.05) is 31.2 Å². The van der Waals surface area contributed by atoms with Gasteiger partial charge in [-0.1, -0.05) is 48.3 Å². The lowest BCUT2D eigenvalue weighted by molar-refractivity contribution is -0.129. The molecule has 26 heavy (non-hydrogen) atoms. The third kappa shape index (κ3) is 5.61. The van der Waals surface area contributed by atoms with Crippen molar-refractivity contribution in [2.75, 3.05) is 18.9 Å². The molecule has 2 aromatic carbocycles. The van der Waals surface area contributed by atoms with Crippen LogP contribution in [0.2, 0.25) is 10.0 Å². The Morgan fingerprint density at radius 2 is 1.88 bits per heavy atom. The number of anilines is 1. The van der Waals surface area contributed by atoms with E-state index in [4.69, 9.17) is 23.2 Å². The Balaban J connectivity index is 1.97. The van der Waals surface area contributed by atoms with E-state index in [2.05, 4.69) is 5.32 Å². The van der Waals surface area contributed by atoms with Crippen LogP contribution in [-0.2, 0) is 16.0 Å². The van der Waals surface area contributed by atoms with Crippen molar-refractivity contribution in [3.63, 3.8) is 0 Å². The zero-order valence-electron chi connectivity index (χ0n) is 14.6. The van der Waals surface area contributed by atoms with Gasteiger partial charge < -0.3 is 10.2 Å². The van der Waals surface area contributed by atoms with E-state index < -0.39 is 0 Å². The SMILES string of the molecule is CCc1ccccc1NC(=O)CN(C)C(=O)/C=C/c1cc(Cl)ccc1Cl. The second-order valence-corrected chi connectivity index (χ2v) is 6.60. The van der Waals surface area contributed by atoms with Gasteiger partial charge in [0.25, 0.3) is 0 Å². The van der Waals surface area contributed by atoms with E-state index in [0.717, 1.165) is 17.7 Å². The Morgan fingerprint density at radius 1 is 1.15 bits per heavy atom. The molecule has 0 aliphatic rings. The molecule has 0 fully saturated rings. The number of carbonyl (C=O) groups is 2. The van der Waals surface area contributed by atoms with Gasteiger partial charge in [0.2, 0.25) is 11.8 Å². The first-order valence-corrected chi connectivity index (χ1v) is 8.92. The summed E-state index contributed by atoms with van der Waals surface area (Å²) in [6.07, 6.45) is 3.76. The second kappa shape index (κ2) is 9.41. The van der Waals surface area contributed by atoms with Crippen molar-refractivity contribution in [2.45, 2.75) is 13.3 Å². The molecule has 1 N–H and O–H groups in total. The van der Waals surface area contributed by atoms with Crippen LogP contribution in [0.5, 0.6) is 0 Å². The Morgan fingerprint density at radius 3 is 2.62 bits per heavy atom. The van der Waals surface area contributed by atoms with Gasteiger partial charge in [-0.05, 0) is 47.9 Å². The highest BCUT2D eigenvalue weighted by Crippen LogP contribution is 2.21. The molecule has 4 nitrogen and oxygen atoms in total. The lowest BCUT2D eigenvalue weighted by Crippen LogP contribution is -2.34. The maximum atomic E-state index is 12.2. The summed E-state index contributed by atoms with van der Waals surface area (Å²) < 4.78 is 0. The molecule has 0 heterocycles. The number of nitrogens with zero attached hydrogens (tertiary/aromatic N) is 1. The van der Waals surface area contributed by atoms with Crippen molar-refractivity contribution >= 4 is 46.8 Å². The molecule has 0 unspecified atom stereocenters. The summed E-state index contributed by atoms with van der Waals surface area (Å²) in [5.74, 6) is -0.559. The molecule has 2 rings (SSSR count). The van der Waals surface area contributed by atoms with E-state index >= 15 is 0 Å². The van der Waals surface area contributed by atoms with Crippen LogP contribution in [0.15, 0.2) is 48.5 Å². The molecule has 0 atom stereocenters. The minimum absolute atomic E-state index is 0.0511. The van der Waals surface area contributed by atoms with Crippen LogP contribution in [0.1, 0.15) is 18.1 Å². The van der Waals surface area contributed by atoms with Crippen molar-refractivity contribution in [3.05, 3.63) is 69.7 Å². The fourth-order valence-corrected chi connectivity index (χ4v) is 2.73. The van der Waals surface area contributed by atoms with Crippen LogP contribution in [-0.4, -0.2) is 30.3 Å². The summed E-state index contributed by atoms with van der Waals surface area (Å²) in [6, 6.07) is 12.6. The molecule has 0 radical (unpaired) electrons. The molecule has 0 spiro atoms. The van der Waals surface area contributed by atoms with Gasteiger partial charge in [0.05, 0.1) is 6.54 Å². The predicted molar refractivity (Wildman–Crippen MR) is 108 cm³/mol. The maximum absolute atomic E-state index is 12.2. The number of benzene rings is 2. The van der Waals surface area contributed by atoms with Crippen LogP contribution in [0.3, 0.4) is 0 Å². The number of aryl methyl sites for hydroxylation is 1. The second-order valence-electron chi connectivity index (χ2n) is 5.75. The third-order valence-corrected chi connectivity index (χ3v) is 4.37. The average Bonchev–Trinajstić information content (AvgIpc) is 2.62. The number of hydrogen-bond acceptors (Lipinski definition) is 2. The van der Waals surface area contributed by atoms with E-state index in [9.17, 15) is 9.59 Å². The number of halogens is 2. The minimum Gasteiger partial charge on any atom is -0.333 e. The molecule has 2 aromatic rings. The molecule has 0 bridgehead atoms. The van der Waals surface area contributed by atoms with Crippen LogP contribution >= 0.6 is 23.2 Å². The summed E-state index contributed by atoms with van der Waals surface area (Å²) in [5, 5.41) is 3.87. The third-order valence-electron chi connectivity index (χ3n) is 3.79. The molecule has 0 aromatic heterocycles. The fraction of sp³-hybridized carbons (Fsp3) is 0.200. The molecule has 136 valence electrons. The van der Waals surface area contributed by atoms with Crippen LogP contribution < -0.4 is 5.32 Å². The van der Waals surface area contributed by atoms with Gasteiger partial charge >= 0.3 is 0 Å². The summed E-state index contributed by atoms with van der Waals surface area (Å²) in [7, 11) is 1.57. The molecular weight excluding hydrogens is 371 g/mol. The Labute approximate surface area is 163 Å². The number of rotatable bonds is 6. The van der Waals surface area contributed by atoms with Crippen molar-refractivity contribution in [1.82, 2.24) is 4.90 Å². The first kappa shape index (κ1) is 20.0. The number of nitrogens with one attached hydrogen (secondary N) is 1. The Hall–Kier alpha value is -2.30. The van der Waals surface area contributed by atoms with Crippen LogP contribution in [0.25, 0.3) is 6.08 Å². The molecular formula is C20H20Cl2N2O2. The average molecular weight is 391 g/mol. The molecule has 2 amide bonds. The van der Waals surface area contributed by atoms with Gasteiger partial charge in [-0.15, -0.1) is 0 Å². The maximum Gasteiger partial charge on any atom is 0.246 e. The zero-order valence-corrected chi connectivity index (χ0v) is 16.1. The van der Waals surface area contributed by atoms with Crippen molar-refractivity contribution in [1.29, 1.82) is 0 Å². The first-order chi connectivity index (χ1) is 12.4. The first-order valence-electron chi connectivity index (χ1n) is 8.16. The number of hydrogen-bond donors (Lipinski definition) is 1. The Bertz CT molecular complexity index is 834. The highest BCUT2D eigenvalue weighted by Gasteiger charge is 2.12. The molecule has 6 heteroatoms. The normalized spacial score (nSPS) is 10.8. The number of likely N-dealkylation sites (N-methyl/N-ethyl adjacent to an activating group) is 1. The number of amides is 2. The topological polar surface area (TPSA) is 49.4 Å². The monoisotopic (exact) mass is 390 g/mol. The van der Waals surface area contributed by atoms with E-state index in [1.165, 1.54) is 11.0 Å². The van der Waals surface area contributed by atoms with Gasteiger partial charge in [-0.2, -0.15) is 0 Å².